The van der Waals surface area contributed by atoms with Crippen LogP contribution in [0.25, 0.3) is 0 Å². The van der Waals surface area contributed by atoms with E-state index < -0.39 is 0 Å². The van der Waals surface area contributed by atoms with E-state index in [1.807, 2.05) is 0 Å². The van der Waals surface area contributed by atoms with Gasteiger partial charge in [-0.1, -0.05) is 0 Å². The van der Waals surface area contributed by atoms with Gasteiger partial charge in [0.2, 0.25) is 0 Å². The summed E-state index contributed by atoms with van der Waals surface area (Å²) in [4.78, 5) is 15.6. The SMILES string of the molecule is CCONC(=O)COc1cc(C)on1. The minimum Gasteiger partial charge on any atom is -0.465 e. The Kier molecular flexibility index (Phi) is 3.93. The van der Waals surface area contributed by atoms with E-state index in [2.05, 4.69) is 15.5 Å². The highest BCUT2D eigenvalue weighted by Gasteiger charge is 2.05. The molecule has 0 unspecified atom stereocenters. The summed E-state index contributed by atoms with van der Waals surface area (Å²) in [5.74, 6) is 0.548. The monoisotopic (exact) mass is 200 g/mol. The maximum Gasteiger partial charge on any atom is 0.281 e. The Balaban J connectivity index is 2.23. The highest BCUT2D eigenvalue weighted by Crippen LogP contribution is 2.08. The number of aromatic nitrogens is 1. The molecular formula is C8H12N2O4. The van der Waals surface area contributed by atoms with Crippen LogP contribution in [0.5, 0.6) is 5.88 Å². The fraction of sp³-hybridized carbons (Fsp3) is 0.500. The number of hydroxylamine groups is 1. The maximum absolute atomic E-state index is 11.0. The van der Waals surface area contributed by atoms with E-state index in [1.54, 1.807) is 19.9 Å². The zero-order chi connectivity index (χ0) is 10.4. The number of carbonyl (C=O) groups excluding carboxylic acids is 1. The third-order valence-corrected chi connectivity index (χ3v) is 1.29. The Labute approximate surface area is 81.1 Å². The van der Waals surface area contributed by atoms with Crippen molar-refractivity contribution in [1.82, 2.24) is 10.6 Å². The molecule has 1 aromatic heterocycles. The lowest BCUT2D eigenvalue weighted by atomic mass is 10.5. The summed E-state index contributed by atoms with van der Waals surface area (Å²) in [5, 5.41) is 3.55. The van der Waals surface area contributed by atoms with Gasteiger partial charge in [0.25, 0.3) is 11.8 Å². The molecule has 0 bridgehead atoms. The third-order valence-electron chi connectivity index (χ3n) is 1.29. The van der Waals surface area contributed by atoms with Crippen molar-refractivity contribution >= 4 is 5.91 Å². The predicted octanol–water partition coefficient (Wildman–Crippen LogP) is 0.430. The molecule has 0 saturated carbocycles. The topological polar surface area (TPSA) is 73.6 Å². The number of nitrogens with zero attached hydrogens (tertiary/aromatic N) is 1. The number of ether oxygens (including phenoxy) is 1. The average Bonchev–Trinajstić information content (AvgIpc) is 2.58. The highest BCUT2D eigenvalue weighted by atomic mass is 16.7. The molecule has 0 aliphatic heterocycles. The van der Waals surface area contributed by atoms with Crippen molar-refractivity contribution in [3.05, 3.63) is 11.8 Å². The molecule has 78 valence electrons. The first kappa shape index (κ1) is 10.5. The van der Waals surface area contributed by atoms with Crippen LogP contribution in [0.3, 0.4) is 0 Å². The number of rotatable bonds is 5. The van der Waals surface area contributed by atoms with E-state index in [4.69, 9.17) is 9.26 Å². The lowest BCUT2D eigenvalue weighted by molar-refractivity contribution is -0.135. The van der Waals surface area contributed by atoms with Crippen LogP contribution < -0.4 is 10.2 Å². The first-order valence-corrected chi connectivity index (χ1v) is 4.19. The Hall–Kier alpha value is -1.56. The molecule has 1 aromatic rings. The Morgan fingerprint density at radius 1 is 1.71 bits per heavy atom. The Bertz CT molecular complexity index is 297. The normalized spacial score (nSPS) is 9.86. The number of carbonyl (C=O) groups is 1. The van der Waals surface area contributed by atoms with E-state index >= 15 is 0 Å². The number of aryl methyl sites for hydroxylation is 1. The molecular weight excluding hydrogens is 188 g/mol. The predicted molar refractivity (Wildman–Crippen MR) is 46.5 cm³/mol. The van der Waals surface area contributed by atoms with Crippen molar-refractivity contribution in [2.75, 3.05) is 13.2 Å². The largest absolute Gasteiger partial charge is 0.465 e. The Morgan fingerprint density at radius 3 is 3.07 bits per heavy atom. The van der Waals surface area contributed by atoms with Crippen LogP contribution in [-0.2, 0) is 9.63 Å². The number of amides is 1. The summed E-state index contributed by atoms with van der Waals surface area (Å²) in [6.07, 6.45) is 0. The molecule has 0 fully saturated rings. The van der Waals surface area contributed by atoms with Crippen molar-refractivity contribution in [1.29, 1.82) is 0 Å². The highest BCUT2D eigenvalue weighted by molar-refractivity contribution is 5.76. The summed E-state index contributed by atoms with van der Waals surface area (Å²) >= 11 is 0. The molecule has 0 radical (unpaired) electrons. The quantitative estimate of drug-likeness (QED) is 0.697. The molecule has 0 spiro atoms. The first-order valence-electron chi connectivity index (χ1n) is 4.19. The first-order chi connectivity index (χ1) is 6.72. The Morgan fingerprint density at radius 2 is 2.50 bits per heavy atom. The zero-order valence-corrected chi connectivity index (χ0v) is 8.07. The molecule has 6 nitrogen and oxygen atoms in total. The van der Waals surface area contributed by atoms with Crippen LogP contribution in [0.2, 0.25) is 0 Å². The standard InChI is InChI=1S/C8H12N2O4/c1-3-13-9-7(11)5-12-8-4-6(2)14-10-8/h4H,3,5H2,1-2H3,(H,9,11). The molecule has 1 amide bonds. The summed E-state index contributed by atoms with van der Waals surface area (Å²) in [7, 11) is 0. The van der Waals surface area contributed by atoms with Gasteiger partial charge in [0, 0.05) is 6.07 Å². The molecule has 0 aliphatic carbocycles. The van der Waals surface area contributed by atoms with E-state index in [1.165, 1.54) is 0 Å². The van der Waals surface area contributed by atoms with Gasteiger partial charge in [-0.15, -0.1) is 0 Å². The molecule has 14 heavy (non-hydrogen) atoms. The van der Waals surface area contributed by atoms with Gasteiger partial charge in [0.05, 0.1) is 6.61 Å². The number of hydrogen-bond donors (Lipinski definition) is 1. The van der Waals surface area contributed by atoms with Crippen molar-refractivity contribution in [2.24, 2.45) is 0 Å². The molecule has 1 heterocycles. The molecule has 1 N–H and O–H groups in total. The van der Waals surface area contributed by atoms with Crippen molar-refractivity contribution in [3.63, 3.8) is 0 Å². The molecule has 1 rings (SSSR count). The van der Waals surface area contributed by atoms with Gasteiger partial charge in [-0.3, -0.25) is 9.63 Å². The second-order valence-electron chi connectivity index (χ2n) is 2.52. The van der Waals surface area contributed by atoms with Crippen LogP contribution in [0.4, 0.5) is 0 Å². The van der Waals surface area contributed by atoms with Crippen LogP contribution in [0.1, 0.15) is 12.7 Å². The second-order valence-corrected chi connectivity index (χ2v) is 2.52. The minimum atomic E-state index is -0.368. The van der Waals surface area contributed by atoms with Crippen LogP contribution in [-0.4, -0.2) is 24.3 Å². The van der Waals surface area contributed by atoms with Crippen molar-refractivity contribution < 1.29 is 18.9 Å². The minimum absolute atomic E-state index is 0.147. The van der Waals surface area contributed by atoms with Crippen molar-refractivity contribution in [2.45, 2.75) is 13.8 Å². The van der Waals surface area contributed by atoms with Crippen LogP contribution >= 0.6 is 0 Å². The van der Waals surface area contributed by atoms with Crippen molar-refractivity contribution in [3.8, 4) is 5.88 Å². The van der Waals surface area contributed by atoms with E-state index in [9.17, 15) is 4.79 Å². The molecule has 0 aliphatic rings. The smallest absolute Gasteiger partial charge is 0.281 e. The fourth-order valence-corrected chi connectivity index (χ4v) is 0.733. The van der Waals surface area contributed by atoms with Gasteiger partial charge in [0.15, 0.2) is 6.61 Å². The summed E-state index contributed by atoms with van der Waals surface area (Å²) in [5.41, 5.74) is 2.19. The molecule has 0 saturated heterocycles. The van der Waals surface area contributed by atoms with Gasteiger partial charge < -0.3 is 9.26 Å². The lowest BCUT2D eigenvalue weighted by Gasteiger charge is -2.02. The van der Waals surface area contributed by atoms with Gasteiger partial charge in [0.1, 0.15) is 5.76 Å². The number of nitrogens with one attached hydrogen (secondary N) is 1. The summed E-state index contributed by atoms with van der Waals surface area (Å²) in [6, 6.07) is 1.59. The van der Waals surface area contributed by atoms with Gasteiger partial charge in [-0.25, -0.2) is 5.48 Å². The zero-order valence-electron chi connectivity index (χ0n) is 8.07. The second kappa shape index (κ2) is 5.23. The molecule has 0 aromatic carbocycles. The summed E-state index contributed by atoms with van der Waals surface area (Å²) in [6.45, 7) is 3.77. The summed E-state index contributed by atoms with van der Waals surface area (Å²) < 4.78 is 9.73. The third kappa shape index (κ3) is 3.44. The molecule has 6 heteroatoms. The van der Waals surface area contributed by atoms with E-state index in [-0.39, 0.29) is 18.4 Å². The fourth-order valence-electron chi connectivity index (χ4n) is 0.733. The average molecular weight is 200 g/mol. The van der Waals surface area contributed by atoms with Gasteiger partial charge >= 0.3 is 0 Å². The van der Waals surface area contributed by atoms with E-state index in [0.29, 0.717) is 12.4 Å². The lowest BCUT2D eigenvalue weighted by Crippen LogP contribution is -2.29. The van der Waals surface area contributed by atoms with Crippen LogP contribution in [0, 0.1) is 6.92 Å². The van der Waals surface area contributed by atoms with Gasteiger partial charge in [-0.2, -0.15) is 0 Å². The van der Waals surface area contributed by atoms with Crippen LogP contribution in [0.15, 0.2) is 10.6 Å². The molecule has 0 atom stereocenters. The van der Waals surface area contributed by atoms with Gasteiger partial charge in [-0.05, 0) is 19.0 Å². The van der Waals surface area contributed by atoms with E-state index in [0.717, 1.165) is 0 Å². The number of hydrogen-bond acceptors (Lipinski definition) is 5. The maximum atomic E-state index is 11.0.